The molecule has 708 valence electrons. The molecule has 9 N–H and O–H groups in total. The topological polar surface area (TPSA) is 344 Å². The van der Waals surface area contributed by atoms with Gasteiger partial charge in [0.15, 0.2) is 80.6 Å². The maximum absolute atomic E-state index is 14.5. The van der Waals surface area contributed by atoms with Crippen molar-refractivity contribution in [2.24, 2.45) is 0 Å². The first kappa shape index (κ1) is 113. The van der Waals surface area contributed by atoms with Gasteiger partial charge >= 0.3 is 5.69 Å². The number of phenolic OH excluding ortho intramolecular Hbond substituents is 1. The van der Waals surface area contributed by atoms with Gasteiger partial charge in [0.25, 0.3) is 0 Å². The Hall–Kier alpha value is -9.67. The standard InChI is InChI=1S/C20H28FN5O2.C16H20ClFN4O2.C10H11ClFNO4.C10H13ClFNO2.C10H12ClFO2.C7H7FO2.C6H8ClN3.C4H9N.C3H6ClI/c1-14-11-19(22-2)25-20(23-14)24-16-13-18(17(27-3)12-15(16)21)28-10-6-9-26-7-4-5-8-26;1-10-7-15(19-2)22-16(20-10)21-12-9-14(24-6-4-5-17)13(23-3)8-11(12)18;1-16-9-5-7(12)8(13(14)15)6-10(9)17-4-2-3-11;1-14-9-5-7(12)8(13)6-10(9)15-4-2-3-11;1-13-10-7-8(12)3-4-9(10)14-6-2-5-11;1-10-7-4-5(8)2-3-6(7)9;1-4-3-5(8-2)10-6(7)9-4;1-2-4-5-3-1;4-2-1-3-5/h11-13H,4-10H2,1-3H3,(H2,22,23,24,25);7-9H,4-6H2,1-3H3,(H2,19,20,21,22);5-6H,2-4H2,1H3;5-6H,2-4,13H2,1H3;3-4,7H,2,5-6H2,1H3;2-4,9H,1H3;3H,1-2H3,(H,8,9,10);5H,1-4H2;1-3H2. The average Bonchev–Trinajstić information content (AvgIpc) is 0.990. The Morgan fingerprint density at radius 1 is 0.453 bits per heavy atom. The molecule has 0 aliphatic carbocycles. The van der Waals surface area contributed by atoms with Gasteiger partial charge in [-0.05, 0) is 147 Å². The summed E-state index contributed by atoms with van der Waals surface area (Å²) in [6.07, 6.45) is 10.1. The first-order valence-corrected chi connectivity index (χ1v) is 44.7. The fourth-order valence-electron chi connectivity index (χ4n) is 10.5. The average molecular weight is 2040 g/mol. The number of aromatic nitrogens is 6. The molecule has 0 saturated carbocycles. The minimum atomic E-state index is -0.962. The van der Waals surface area contributed by atoms with Crippen LogP contribution in [0.25, 0.3) is 0 Å². The predicted octanol–water partition coefficient (Wildman–Crippen LogP) is 20.8. The highest BCUT2D eigenvalue weighted by Gasteiger charge is 2.22. The van der Waals surface area contributed by atoms with Crippen LogP contribution in [0.2, 0.25) is 5.28 Å². The molecule has 2 fully saturated rings. The molecule has 9 aromatic rings. The zero-order chi connectivity index (χ0) is 94.7. The monoisotopic (exact) mass is 2030 g/mol. The maximum atomic E-state index is 14.5. The van der Waals surface area contributed by atoms with Crippen molar-refractivity contribution in [2.75, 3.05) is 196 Å². The summed E-state index contributed by atoms with van der Waals surface area (Å²) in [4.78, 5) is 37.1. The van der Waals surface area contributed by atoms with Crippen LogP contribution < -0.4 is 89.7 Å². The number of hydrogen-bond donors (Lipinski definition) is 8. The third-order valence-electron chi connectivity index (χ3n) is 16.7. The van der Waals surface area contributed by atoms with Crippen LogP contribution in [0.15, 0.2) is 103 Å². The Bertz CT molecular complexity index is 4670. The third kappa shape index (κ3) is 44.1. The van der Waals surface area contributed by atoms with Gasteiger partial charge in [-0.25, -0.2) is 41.9 Å². The Morgan fingerprint density at radius 2 is 0.820 bits per heavy atom. The number of benzene rings is 6. The lowest BCUT2D eigenvalue weighted by Crippen LogP contribution is -2.22. The van der Waals surface area contributed by atoms with E-state index >= 15 is 0 Å². The van der Waals surface area contributed by atoms with E-state index < -0.39 is 39.7 Å². The predicted molar refractivity (Wildman–Crippen MR) is 506 cm³/mol. The minimum Gasteiger partial charge on any atom is -0.504 e. The van der Waals surface area contributed by atoms with E-state index in [-0.39, 0.29) is 63.7 Å². The highest BCUT2D eigenvalue weighted by molar-refractivity contribution is 14.1. The van der Waals surface area contributed by atoms with Crippen LogP contribution in [-0.4, -0.2) is 208 Å². The fraction of sp³-hybridized carbons (Fsp3) is 0.442. The van der Waals surface area contributed by atoms with Crippen LogP contribution in [0.4, 0.5) is 78.4 Å². The Balaban J connectivity index is 0.000000387. The van der Waals surface area contributed by atoms with Crippen LogP contribution in [0, 0.1) is 65.8 Å². The molecular weight excluding hydrogens is 1920 g/mol. The molecule has 0 radical (unpaired) electrons. The fourth-order valence-corrected chi connectivity index (χ4v) is 12.1. The number of nitrogens with one attached hydrogen (secondary N) is 6. The molecular formula is C86H114Cl6F6IN15O14. The van der Waals surface area contributed by atoms with Gasteiger partial charge in [0, 0.05) is 151 Å². The van der Waals surface area contributed by atoms with Gasteiger partial charge in [-0.15, -0.1) is 58.0 Å². The lowest BCUT2D eigenvalue weighted by Gasteiger charge is -2.16. The number of likely N-dealkylation sites (tertiary alicyclic amines) is 1. The first-order valence-electron chi connectivity index (χ1n) is 40.1. The van der Waals surface area contributed by atoms with Gasteiger partial charge in [0.2, 0.25) is 23.0 Å². The van der Waals surface area contributed by atoms with E-state index in [9.17, 15) is 36.5 Å². The van der Waals surface area contributed by atoms with Crippen LogP contribution in [-0.2, 0) is 0 Å². The number of halogens is 13. The lowest BCUT2D eigenvalue weighted by molar-refractivity contribution is -0.387. The number of aryl methyl sites for hydroxylation is 3. The minimum absolute atomic E-state index is 0.0386. The second-order valence-electron chi connectivity index (χ2n) is 26.4. The second kappa shape index (κ2) is 65.8. The number of ether oxygens (including phenoxy) is 11. The number of nitrogen functional groups attached to an aromatic ring is 1. The molecule has 6 aromatic carbocycles. The number of methoxy groups -OCH3 is 6. The van der Waals surface area contributed by atoms with Crippen molar-refractivity contribution in [2.45, 2.75) is 85.0 Å². The quantitative estimate of drug-likeness (QED) is 0.00262. The Kier molecular flexibility index (Phi) is 57.8. The van der Waals surface area contributed by atoms with E-state index in [2.05, 4.69) is 94.0 Å². The summed E-state index contributed by atoms with van der Waals surface area (Å²) in [5, 5.41) is 37.6. The number of nitrogens with two attached hydrogens (primary N) is 1. The van der Waals surface area contributed by atoms with E-state index in [4.69, 9.17) is 128 Å². The van der Waals surface area contributed by atoms with E-state index in [1.807, 2.05) is 32.9 Å². The van der Waals surface area contributed by atoms with E-state index in [0.717, 1.165) is 78.9 Å². The molecule has 11 rings (SSSR count). The summed E-state index contributed by atoms with van der Waals surface area (Å²) >= 11 is 35.3. The summed E-state index contributed by atoms with van der Waals surface area (Å²) < 4.78 is 139. The van der Waals surface area contributed by atoms with Crippen LogP contribution in [0.3, 0.4) is 0 Å². The first-order chi connectivity index (χ1) is 61.6. The van der Waals surface area contributed by atoms with Crippen LogP contribution in [0.5, 0.6) is 69.0 Å². The molecule has 0 bridgehead atoms. The molecule has 29 nitrogen and oxygen atoms in total. The van der Waals surface area contributed by atoms with Gasteiger partial charge in [0.05, 0.1) is 104 Å². The summed E-state index contributed by atoms with van der Waals surface area (Å²) in [5.41, 5.74) is 7.63. The summed E-state index contributed by atoms with van der Waals surface area (Å²) in [6, 6.07) is 23.3. The number of nitro benzene ring substituents is 1. The molecule has 2 aliphatic heterocycles. The number of aromatic hydroxyl groups is 1. The summed E-state index contributed by atoms with van der Waals surface area (Å²) in [7, 11) is 13.9. The number of alkyl halides is 6. The van der Waals surface area contributed by atoms with Gasteiger partial charge in [-0.2, -0.15) is 14.4 Å². The van der Waals surface area contributed by atoms with E-state index in [1.165, 1.54) is 147 Å². The molecule has 0 unspecified atom stereocenters. The number of nitro groups is 1. The maximum Gasteiger partial charge on any atom is 0.308 e. The molecule has 128 heavy (non-hydrogen) atoms. The molecule has 2 saturated heterocycles. The number of anilines is 8. The SMILES string of the molecule is C1CCNC1.CNc1cc(C)nc(Cl)n1.CNc1cc(C)nc(Nc2cc(OCCCCl)c(OC)cc2F)n1.CNc1cc(C)nc(Nc2cc(OCCCN3CCCC3)c(OC)cc2F)n1.COc1cc(F)c(N)cc1OCCCCl.COc1cc(F)c([N+](=O)[O-])cc1OCCCCl.COc1cc(F)ccc1O.COc1cc(F)ccc1OCCCCl.ClCCCI. The molecule has 42 heteroatoms. The molecule has 3 aromatic heterocycles. The van der Waals surface area contributed by atoms with E-state index in [0.29, 0.717) is 133 Å². The third-order valence-corrected chi connectivity index (χ3v) is 19.0. The zero-order valence-electron chi connectivity index (χ0n) is 73.5. The molecule has 0 amide bonds. The highest BCUT2D eigenvalue weighted by atomic mass is 127. The van der Waals surface area contributed by atoms with Crippen LogP contribution in [0.1, 0.15) is 81.3 Å². The number of hydrogen-bond acceptors (Lipinski definition) is 28. The Labute approximate surface area is 787 Å². The second-order valence-corrected chi connectivity index (χ2v) is 29.7. The summed E-state index contributed by atoms with van der Waals surface area (Å²) in [6.45, 7) is 13.6. The molecule has 0 atom stereocenters. The van der Waals surface area contributed by atoms with Crippen molar-refractivity contribution in [3.63, 3.8) is 0 Å². The molecule has 0 spiro atoms. The Morgan fingerprint density at radius 3 is 1.20 bits per heavy atom. The van der Waals surface area contributed by atoms with Crippen molar-refractivity contribution in [1.82, 2.24) is 40.1 Å². The molecule has 5 heterocycles. The van der Waals surface area contributed by atoms with Gasteiger partial charge in [0.1, 0.15) is 34.9 Å². The number of phenols is 1. The normalized spacial score (nSPS) is 11.4. The highest BCUT2D eigenvalue weighted by Crippen LogP contribution is 2.38. The molecule has 2 aliphatic rings. The van der Waals surface area contributed by atoms with E-state index in [1.54, 1.807) is 39.3 Å². The van der Waals surface area contributed by atoms with Crippen LogP contribution >= 0.6 is 92.2 Å². The van der Waals surface area contributed by atoms with Gasteiger partial charge in [-0.1, -0.05) is 22.6 Å². The number of nitrogens with zero attached hydrogens (tertiary/aromatic N) is 8. The van der Waals surface area contributed by atoms with Crippen molar-refractivity contribution in [3.05, 3.63) is 171 Å². The summed E-state index contributed by atoms with van der Waals surface area (Å²) in [5.74, 6) is 5.85. The number of rotatable bonds is 37. The van der Waals surface area contributed by atoms with Crippen molar-refractivity contribution in [1.29, 1.82) is 0 Å². The largest absolute Gasteiger partial charge is 0.504 e. The van der Waals surface area contributed by atoms with Crippen molar-refractivity contribution in [3.8, 4) is 69.0 Å². The lowest BCUT2D eigenvalue weighted by atomic mass is 10.2. The smallest absolute Gasteiger partial charge is 0.308 e. The van der Waals surface area contributed by atoms with Crippen molar-refractivity contribution >= 4 is 144 Å². The van der Waals surface area contributed by atoms with Gasteiger partial charge in [-0.3, -0.25) is 10.1 Å². The van der Waals surface area contributed by atoms with Crippen molar-refractivity contribution < 1.29 is 88.5 Å². The zero-order valence-corrected chi connectivity index (χ0v) is 80.2. The van der Waals surface area contributed by atoms with Gasteiger partial charge < -0.3 is 99.7 Å².